The van der Waals surface area contributed by atoms with Crippen LogP contribution in [0.25, 0.3) is 16.9 Å². The standard InChI is InChI=1S/C26H32N4O3/c1-19(2)15-25(32)29(13-14-33-4)18-24(31)28-26-27-23(21-10-6-5-7-11-21)17-30(26)22-12-8-9-20(3)16-22/h5-12,16-17,19H,13-15,18H2,1-4H3,(H,27,28,31). The van der Waals surface area contributed by atoms with Crippen molar-refractivity contribution in [3.8, 4) is 16.9 Å². The van der Waals surface area contributed by atoms with E-state index in [4.69, 9.17) is 9.72 Å². The minimum atomic E-state index is -0.303. The fourth-order valence-electron chi connectivity index (χ4n) is 3.50. The first-order valence-corrected chi connectivity index (χ1v) is 11.2. The molecule has 0 saturated carbocycles. The summed E-state index contributed by atoms with van der Waals surface area (Å²) in [6, 6.07) is 17.8. The average Bonchev–Trinajstić information content (AvgIpc) is 3.20. The normalized spacial score (nSPS) is 10.9. The van der Waals surface area contributed by atoms with Crippen LogP contribution >= 0.6 is 0 Å². The van der Waals surface area contributed by atoms with Gasteiger partial charge in [-0.25, -0.2) is 4.98 Å². The number of amides is 2. The third-order valence-corrected chi connectivity index (χ3v) is 5.14. The fraction of sp³-hybridized carbons (Fsp3) is 0.346. The van der Waals surface area contributed by atoms with Crippen molar-refractivity contribution in [1.29, 1.82) is 0 Å². The van der Waals surface area contributed by atoms with Gasteiger partial charge in [0.1, 0.15) is 6.54 Å². The summed E-state index contributed by atoms with van der Waals surface area (Å²) in [6.07, 6.45) is 2.29. The molecule has 0 radical (unpaired) electrons. The van der Waals surface area contributed by atoms with Gasteiger partial charge in [-0.2, -0.15) is 0 Å². The van der Waals surface area contributed by atoms with Crippen LogP contribution in [0.4, 0.5) is 5.95 Å². The molecule has 2 amide bonds. The first kappa shape index (κ1) is 24.2. The largest absolute Gasteiger partial charge is 0.383 e. The van der Waals surface area contributed by atoms with Crippen molar-refractivity contribution >= 4 is 17.8 Å². The zero-order valence-corrected chi connectivity index (χ0v) is 19.7. The van der Waals surface area contributed by atoms with Crippen LogP contribution in [0.3, 0.4) is 0 Å². The van der Waals surface area contributed by atoms with Crippen molar-refractivity contribution in [1.82, 2.24) is 14.5 Å². The number of nitrogens with one attached hydrogen (secondary N) is 1. The van der Waals surface area contributed by atoms with Gasteiger partial charge in [0.15, 0.2) is 0 Å². The second-order valence-electron chi connectivity index (χ2n) is 8.48. The Hall–Kier alpha value is -3.45. The highest BCUT2D eigenvalue weighted by atomic mass is 16.5. The molecular weight excluding hydrogens is 416 g/mol. The third kappa shape index (κ3) is 6.76. The Morgan fingerprint density at radius 2 is 1.88 bits per heavy atom. The van der Waals surface area contributed by atoms with Crippen molar-refractivity contribution in [3.63, 3.8) is 0 Å². The molecule has 1 heterocycles. The average molecular weight is 449 g/mol. The number of nitrogens with zero attached hydrogens (tertiary/aromatic N) is 3. The van der Waals surface area contributed by atoms with Gasteiger partial charge in [-0.15, -0.1) is 0 Å². The van der Waals surface area contributed by atoms with Crippen molar-refractivity contribution in [3.05, 3.63) is 66.4 Å². The number of benzene rings is 2. The first-order valence-electron chi connectivity index (χ1n) is 11.2. The van der Waals surface area contributed by atoms with E-state index in [1.54, 1.807) is 7.11 Å². The Bertz CT molecular complexity index is 1080. The Morgan fingerprint density at radius 1 is 1.12 bits per heavy atom. The molecule has 0 aliphatic heterocycles. The van der Waals surface area contributed by atoms with Crippen molar-refractivity contribution in [2.24, 2.45) is 5.92 Å². The van der Waals surface area contributed by atoms with Gasteiger partial charge in [-0.05, 0) is 30.5 Å². The molecule has 0 aliphatic carbocycles. The predicted octanol–water partition coefficient (Wildman–Crippen LogP) is 4.31. The van der Waals surface area contributed by atoms with Crippen LogP contribution in [0.2, 0.25) is 0 Å². The predicted molar refractivity (Wildman–Crippen MR) is 130 cm³/mol. The summed E-state index contributed by atoms with van der Waals surface area (Å²) in [5.41, 5.74) is 3.70. The van der Waals surface area contributed by atoms with E-state index in [1.165, 1.54) is 4.90 Å². The quantitative estimate of drug-likeness (QED) is 0.502. The van der Waals surface area contributed by atoms with E-state index in [2.05, 4.69) is 5.32 Å². The monoisotopic (exact) mass is 448 g/mol. The van der Waals surface area contributed by atoms with E-state index < -0.39 is 0 Å². The highest BCUT2D eigenvalue weighted by Crippen LogP contribution is 2.24. The zero-order chi connectivity index (χ0) is 23.8. The number of anilines is 1. The minimum absolute atomic E-state index is 0.0593. The van der Waals surface area contributed by atoms with Crippen molar-refractivity contribution in [2.75, 3.05) is 32.1 Å². The van der Waals surface area contributed by atoms with Crippen LogP contribution in [0.1, 0.15) is 25.8 Å². The van der Waals surface area contributed by atoms with Crippen LogP contribution in [-0.2, 0) is 14.3 Å². The summed E-state index contributed by atoms with van der Waals surface area (Å²) < 4.78 is 6.99. The fourth-order valence-corrected chi connectivity index (χ4v) is 3.50. The molecular formula is C26H32N4O3. The second-order valence-corrected chi connectivity index (χ2v) is 8.48. The highest BCUT2D eigenvalue weighted by Gasteiger charge is 2.20. The number of aryl methyl sites for hydroxylation is 1. The third-order valence-electron chi connectivity index (χ3n) is 5.14. The number of ether oxygens (including phenoxy) is 1. The lowest BCUT2D eigenvalue weighted by Gasteiger charge is -2.22. The molecule has 0 spiro atoms. The molecule has 1 N–H and O–H groups in total. The summed E-state index contributed by atoms with van der Waals surface area (Å²) in [7, 11) is 1.58. The molecule has 33 heavy (non-hydrogen) atoms. The maximum atomic E-state index is 13.0. The number of methoxy groups -OCH3 is 1. The molecule has 0 unspecified atom stereocenters. The van der Waals surface area contributed by atoms with E-state index in [-0.39, 0.29) is 24.3 Å². The van der Waals surface area contributed by atoms with Crippen LogP contribution in [0.15, 0.2) is 60.8 Å². The van der Waals surface area contributed by atoms with Crippen molar-refractivity contribution in [2.45, 2.75) is 27.2 Å². The lowest BCUT2D eigenvalue weighted by molar-refractivity contribution is -0.136. The summed E-state index contributed by atoms with van der Waals surface area (Å²) in [5.74, 6) is 0.248. The lowest BCUT2D eigenvalue weighted by Crippen LogP contribution is -2.40. The number of aromatic nitrogens is 2. The molecule has 174 valence electrons. The van der Waals surface area contributed by atoms with E-state index in [1.807, 2.05) is 86.1 Å². The van der Waals surface area contributed by atoms with Gasteiger partial charge in [0.25, 0.3) is 0 Å². The summed E-state index contributed by atoms with van der Waals surface area (Å²) in [5, 5.41) is 2.91. The molecule has 1 aromatic heterocycles. The maximum Gasteiger partial charge on any atom is 0.246 e. The van der Waals surface area contributed by atoms with Gasteiger partial charge in [0.2, 0.25) is 17.8 Å². The van der Waals surface area contributed by atoms with Crippen LogP contribution in [0, 0.1) is 12.8 Å². The highest BCUT2D eigenvalue weighted by molar-refractivity contribution is 5.94. The SMILES string of the molecule is COCCN(CC(=O)Nc1nc(-c2ccccc2)cn1-c1cccc(C)c1)C(=O)CC(C)C. The molecule has 0 atom stereocenters. The van der Waals surface area contributed by atoms with Crippen LogP contribution in [-0.4, -0.2) is 53.1 Å². The smallest absolute Gasteiger partial charge is 0.246 e. The number of carbonyl (C=O) groups is 2. The van der Waals surface area contributed by atoms with E-state index >= 15 is 0 Å². The molecule has 2 aromatic carbocycles. The number of imidazole rings is 1. The van der Waals surface area contributed by atoms with E-state index in [0.29, 0.717) is 25.5 Å². The van der Waals surface area contributed by atoms with Gasteiger partial charge in [0, 0.05) is 37.5 Å². The van der Waals surface area contributed by atoms with Gasteiger partial charge in [-0.1, -0.05) is 56.3 Å². The van der Waals surface area contributed by atoms with E-state index in [0.717, 1.165) is 22.5 Å². The molecule has 0 fully saturated rings. The number of hydrogen-bond acceptors (Lipinski definition) is 4. The molecule has 3 rings (SSSR count). The molecule has 0 bridgehead atoms. The topological polar surface area (TPSA) is 76.5 Å². The Labute approximate surface area is 195 Å². The van der Waals surface area contributed by atoms with Gasteiger partial charge >= 0.3 is 0 Å². The summed E-state index contributed by atoms with van der Waals surface area (Å²) in [4.78, 5) is 31.8. The van der Waals surface area contributed by atoms with Crippen molar-refractivity contribution < 1.29 is 14.3 Å². The van der Waals surface area contributed by atoms with Gasteiger partial charge in [0.05, 0.1) is 12.3 Å². The van der Waals surface area contributed by atoms with Gasteiger partial charge in [-0.3, -0.25) is 19.5 Å². The Balaban J connectivity index is 1.86. The summed E-state index contributed by atoms with van der Waals surface area (Å²) >= 11 is 0. The zero-order valence-electron chi connectivity index (χ0n) is 19.7. The van der Waals surface area contributed by atoms with Crippen LogP contribution < -0.4 is 5.32 Å². The maximum absolute atomic E-state index is 13.0. The lowest BCUT2D eigenvalue weighted by atomic mass is 10.1. The molecule has 7 nitrogen and oxygen atoms in total. The number of rotatable bonds is 10. The number of carbonyl (C=O) groups excluding carboxylic acids is 2. The molecule has 3 aromatic rings. The molecule has 0 aliphatic rings. The van der Waals surface area contributed by atoms with E-state index in [9.17, 15) is 9.59 Å². The number of hydrogen-bond donors (Lipinski definition) is 1. The molecule has 0 saturated heterocycles. The van der Waals surface area contributed by atoms with Gasteiger partial charge < -0.3 is 9.64 Å². The summed E-state index contributed by atoms with van der Waals surface area (Å²) in [6.45, 7) is 6.65. The Kier molecular flexibility index (Phi) is 8.38. The second kappa shape index (κ2) is 11.4. The molecule has 7 heteroatoms. The first-order chi connectivity index (χ1) is 15.9. The minimum Gasteiger partial charge on any atom is -0.383 e. The van der Waals surface area contributed by atoms with Crippen LogP contribution in [0.5, 0.6) is 0 Å². The Morgan fingerprint density at radius 3 is 2.55 bits per heavy atom.